The second-order valence-electron chi connectivity index (χ2n) is 5.98. The van der Waals surface area contributed by atoms with E-state index in [0.717, 1.165) is 35.4 Å². The third-order valence-corrected chi connectivity index (χ3v) is 5.81. The normalized spacial score (nSPS) is 11.2. The molecule has 0 spiro atoms. The molecule has 0 aliphatic carbocycles. The van der Waals surface area contributed by atoms with Gasteiger partial charge in [0.05, 0.1) is 12.0 Å². The standard InChI is InChI=1S/C20H25N3OS/c1-4-14-7-9-15(10-8-14)17-16(5-2)25-20-18(17)19(21-13-22-20)23(6-3)11-12-24/h7-10,13,24H,4-6,11-12H2,1-3H3. The molecule has 3 aromatic rings. The van der Waals surface area contributed by atoms with Crippen molar-refractivity contribution in [2.24, 2.45) is 0 Å². The van der Waals surface area contributed by atoms with Crippen molar-refractivity contribution < 1.29 is 5.11 Å². The molecule has 2 heterocycles. The Balaban J connectivity index is 2.24. The summed E-state index contributed by atoms with van der Waals surface area (Å²) in [6.45, 7) is 7.95. The molecular formula is C20H25N3OS. The summed E-state index contributed by atoms with van der Waals surface area (Å²) in [4.78, 5) is 13.6. The van der Waals surface area contributed by atoms with Gasteiger partial charge in [0.2, 0.25) is 0 Å². The highest BCUT2D eigenvalue weighted by Gasteiger charge is 2.20. The molecule has 0 aliphatic heterocycles. The number of likely N-dealkylation sites (N-methyl/N-ethyl adjacent to an activating group) is 1. The SMILES string of the molecule is CCc1ccc(-c2c(CC)sc3ncnc(N(CC)CCO)c23)cc1. The van der Waals surface area contributed by atoms with E-state index in [9.17, 15) is 5.11 Å². The van der Waals surface area contributed by atoms with Crippen LogP contribution in [0.3, 0.4) is 0 Å². The molecule has 0 atom stereocenters. The topological polar surface area (TPSA) is 49.2 Å². The molecule has 0 bridgehead atoms. The van der Waals surface area contributed by atoms with Crippen LogP contribution in [0.4, 0.5) is 5.82 Å². The monoisotopic (exact) mass is 355 g/mol. The lowest BCUT2D eigenvalue weighted by molar-refractivity contribution is 0.302. The molecule has 0 aliphatic rings. The Morgan fingerprint density at radius 2 is 1.80 bits per heavy atom. The van der Waals surface area contributed by atoms with Gasteiger partial charge in [0.1, 0.15) is 17.0 Å². The number of aliphatic hydroxyl groups is 1. The largest absolute Gasteiger partial charge is 0.395 e. The summed E-state index contributed by atoms with van der Waals surface area (Å²) >= 11 is 1.75. The minimum atomic E-state index is 0.116. The Hall–Kier alpha value is -1.98. The smallest absolute Gasteiger partial charge is 0.141 e. The molecule has 0 saturated heterocycles. The number of nitrogens with zero attached hydrogens (tertiary/aromatic N) is 3. The summed E-state index contributed by atoms with van der Waals surface area (Å²) in [5.41, 5.74) is 3.81. The van der Waals surface area contributed by atoms with Gasteiger partial charge < -0.3 is 10.0 Å². The van der Waals surface area contributed by atoms with Crippen LogP contribution in [-0.2, 0) is 12.8 Å². The van der Waals surface area contributed by atoms with Crippen LogP contribution in [0.1, 0.15) is 31.2 Å². The van der Waals surface area contributed by atoms with Gasteiger partial charge in [-0.15, -0.1) is 11.3 Å². The van der Waals surface area contributed by atoms with Crippen molar-refractivity contribution in [3.63, 3.8) is 0 Å². The maximum absolute atomic E-state index is 9.41. The van der Waals surface area contributed by atoms with Crippen molar-refractivity contribution in [2.75, 3.05) is 24.6 Å². The average Bonchev–Trinajstić information content (AvgIpc) is 3.05. The van der Waals surface area contributed by atoms with E-state index in [4.69, 9.17) is 0 Å². The number of fused-ring (bicyclic) bond motifs is 1. The molecule has 0 radical (unpaired) electrons. The van der Waals surface area contributed by atoms with Gasteiger partial charge in [0, 0.05) is 23.5 Å². The lowest BCUT2D eigenvalue weighted by Crippen LogP contribution is -2.27. The van der Waals surface area contributed by atoms with Crippen LogP contribution in [0.2, 0.25) is 0 Å². The fraction of sp³-hybridized carbons (Fsp3) is 0.400. The lowest BCUT2D eigenvalue weighted by atomic mass is 10.00. The maximum atomic E-state index is 9.41. The van der Waals surface area contributed by atoms with E-state index in [0.29, 0.717) is 6.54 Å². The molecule has 132 valence electrons. The predicted molar refractivity (Wildman–Crippen MR) is 107 cm³/mol. The van der Waals surface area contributed by atoms with Crippen molar-refractivity contribution in [1.82, 2.24) is 9.97 Å². The summed E-state index contributed by atoms with van der Waals surface area (Å²) in [7, 11) is 0. The van der Waals surface area contributed by atoms with Gasteiger partial charge in [-0.25, -0.2) is 9.97 Å². The summed E-state index contributed by atoms with van der Waals surface area (Å²) in [6.07, 6.45) is 3.65. The number of benzene rings is 1. The predicted octanol–water partition coefficient (Wildman–Crippen LogP) is 4.30. The van der Waals surface area contributed by atoms with E-state index in [2.05, 4.69) is 59.9 Å². The minimum absolute atomic E-state index is 0.116. The molecule has 25 heavy (non-hydrogen) atoms. The Morgan fingerprint density at radius 3 is 2.40 bits per heavy atom. The van der Waals surface area contributed by atoms with Crippen molar-refractivity contribution in [2.45, 2.75) is 33.6 Å². The zero-order valence-corrected chi connectivity index (χ0v) is 15.9. The number of aryl methyl sites for hydroxylation is 2. The second-order valence-corrected chi connectivity index (χ2v) is 7.07. The highest BCUT2D eigenvalue weighted by atomic mass is 32.1. The van der Waals surface area contributed by atoms with Crippen LogP contribution in [0.5, 0.6) is 0 Å². The molecule has 0 fully saturated rings. The quantitative estimate of drug-likeness (QED) is 0.686. The number of aliphatic hydroxyl groups excluding tert-OH is 1. The third kappa shape index (κ3) is 3.39. The number of hydrogen-bond donors (Lipinski definition) is 1. The number of rotatable bonds is 7. The fourth-order valence-corrected chi connectivity index (χ4v) is 4.29. The Morgan fingerprint density at radius 1 is 1.04 bits per heavy atom. The molecule has 0 unspecified atom stereocenters. The van der Waals surface area contributed by atoms with E-state index < -0.39 is 0 Å². The van der Waals surface area contributed by atoms with E-state index in [1.54, 1.807) is 17.7 Å². The van der Waals surface area contributed by atoms with E-state index >= 15 is 0 Å². The van der Waals surface area contributed by atoms with E-state index in [1.807, 2.05) is 0 Å². The van der Waals surface area contributed by atoms with Gasteiger partial charge in [0.15, 0.2) is 0 Å². The van der Waals surface area contributed by atoms with Crippen LogP contribution in [-0.4, -0.2) is 34.8 Å². The Labute approximate surface area is 153 Å². The van der Waals surface area contributed by atoms with Gasteiger partial charge in [-0.2, -0.15) is 0 Å². The van der Waals surface area contributed by atoms with Crippen molar-refractivity contribution in [3.05, 3.63) is 41.0 Å². The zero-order chi connectivity index (χ0) is 17.8. The van der Waals surface area contributed by atoms with Crippen molar-refractivity contribution in [3.8, 4) is 11.1 Å². The van der Waals surface area contributed by atoms with Crippen LogP contribution in [0, 0.1) is 0 Å². The number of thiophene rings is 1. The summed E-state index contributed by atoms with van der Waals surface area (Å²) in [5.74, 6) is 0.923. The van der Waals surface area contributed by atoms with Crippen LogP contribution >= 0.6 is 11.3 Å². The van der Waals surface area contributed by atoms with E-state index in [-0.39, 0.29) is 6.61 Å². The molecule has 1 aromatic carbocycles. The first-order chi connectivity index (χ1) is 12.2. The molecular weight excluding hydrogens is 330 g/mol. The van der Waals surface area contributed by atoms with E-state index in [1.165, 1.54) is 21.6 Å². The summed E-state index contributed by atoms with van der Waals surface area (Å²) in [6, 6.07) is 8.82. The van der Waals surface area contributed by atoms with Crippen molar-refractivity contribution >= 4 is 27.4 Å². The maximum Gasteiger partial charge on any atom is 0.141 e. The molecule has 2 aromatic heterocycles. The molecule has 0 amide bonds. The van der Waals surface area contributed by atoms with Crippen LogP contribution < -0.4 is 4.90 Å². The number of aromatic nitrogens is 2. The Kier molecular flexibility index (Phi) is 5.66. The minimum Gasteiger partial charge on any atom is -0.395 e. The first-order valence-corrected chi connectivity index (χ1v) is 9.76. The molecule has 3 rings (SSSR count). The summed E-state index contributed by atoms with van der Waals surface area (Å²) in [5, 5.41) is 10.5. The fourth-order valence-electron chi connectivity index (χ4n) is 3.20. The van der Waals surface area contributed by atoms with Crippen LogP contribution in [0.25, 0.3) is 21.3 Å². The molecule has 1 N–H and O–H groups in total. The number of anilines is 1. The van der Waals surface area contributed by atoms with Crippen molar-refractivity contribution in [1.29, 1.82) is 0 Å². The van der Waals surface area contributed by atoms with Gasteiger partial charge in [-0.05, 0) is 30.9 Å². The van der Waals surface area contributed by atoms with Gasteiger partial charge >= 0.3 is 0 Å². The zero-order valence-electron chi connectivity index (χ0n) is 15.1. The molecule has 5 heteroatoms. The van der Waals surface area contributed by atoms with Gasteiger partial charge in [-0.3, -0.25) is 0 Å². The first-order valence-electron chi connectivity index (χ1n) is 8.94. The van der Waals surface area contributed by atoms with Gasteiger partial charge in [-0.1, -0.05) is 38.1 Å². The third-order valence-electron chi connectivity index (χ3n) is 4.56. The highest BCUT2D eigenvalue weighted by molar-refractivity contribution is 7.19. The second kappa shape index (κ2) is 7.93. The van der Waals surface area contributed by atoms with Gasteiger partial charge in [0.25, 0.3) is 0 Å². The Bertz CT molecular complexity index is 842. The number of hydrogen-bond acceptors (Lipinski definition) is 5. The average molecular weight is 356 g/mol. The molecule has 4 nitrogen and oxygen atoms in total. The summed E-state index contributed by atoms with van der Waals surface area (Å²) < 4.78 is 0. The first kappa shape index (κ1) is 17.8. The highest BCUT2D eigenvalue weighted by Crippen LogP contribution is 2.42. The van der Waals surface area contributed by atoms with Crippen LogP contribution in [0.15, 0.2) is 30.6 Å². The molecule has 0 saturated carbocycles. The lowest BCUT2D eigenvalue weighted by Gasteiger charge is -2.22.